The lowest BCUT2D eigenvalue weighted by molar-refractivity contribution is 0.108. The largest absolute Gasteiger partial charge is 0.395 e. The van der Waals surface area contributed by atoms with Crippen LogP contribution in [-0.4, -0.2) is 54.2 Å². The third-order valence-electron chi connectivity index (χ3n) is 3.95. The zero-order valence-electron chi connectivity index (χ0n) is 12.2. The number of piperazine rings is 1. The standard InChI is InChI=1S/C16H26N2O/c1-14(2)16-6-4-3-5-15(16)13-18-9-7-17(8-10-18)11-12-19/h3-6,14,19H,7-13H2,1-2H3. The van der Waals surface area contributed by atoms with E-state index in [1.807, 2.05) is 0 Å². The van der Waals surface area contributed by atoms with Gasteiger partial charge in [-0.3, -0.25) is 9.80 Å². The summed E-state index contributed by atoms with van der Waals surface area (Å²) in [5.74, 6) is 0.590. The molecule has 1 aromatic carbocycles. The maximum Gasteiger partial charge on any atom is 0.0558 e. The van der Waals surface area contributed by atoms with Crippen LogP contribution in [0.15, 0.2) is 24.3 Å². The van der Waals surface area contributed by atoms with E-state index in [9.17, 15) is 0 Å². The van der Waals surface area contributed by atoms with Crippen molar-refractivity contribution in [2.45, 2.75) is 26.3 Å². The average molecular weight is 262 g/mol. The van der Waals surface area contributed by atoms with Gasteiger partial charge in [-0.05, 0) is 17.0 Å². The highest BCUT2D eigenvalue weighted by atomic mass is 16.3. The van der Waals surface area contributed by atoms with Gasteiger partial charge in [-0.1, -0.05) is 38.1 Å². The van der Waals surface area contributed by atoms with E-state index < -0.39 is 0 Å². The predicted molar refractivity (Wildman–Crippen MR) is 79.3 cm³/mol. The van der Waals surface area contributed by atoms with Gasteiger partial charge in [0.25, 0.3) is 0 Å². The van der Waals surface area contributed by atoms with Gasteiger partial charge < -0.3 is 5.11 Å². The topological polar surface area (TPSA) is 26.7 Å². The highest BCUT2D eigenvalue weighted by Gasteiger charge is 2.17. The molecule has 0 saturated carbocycles. The Morgan fingerprint density at radius 2 is 1.68 bits per heavy atom. The molecular weight excluding hydrogens is 236 g/mol. The second-order valence-corrected chi connectivity index (χ2v) is 5.69. The van der Waals surface area contributed by atoms with Crippen LogP contribution in [-0.2, 0) is 6.54 Å². The maximum absolute atomic E-state index is 8.96. The predicted octanol–water partition coefficient (Wildman–Crippen LogP) is 1.92. The molecule has 1 fully saturated rings. The summed E-state index contributed by atoms with van der Waals surface area (Å²) in [7, 11) is 0. The first-order chi connectivity index (χ1) is 9.20. The summed E-state index contributed by atoms with van der Waals surface area (Å²) in [5, 5.41) is 8.96. The quantitative estimate of drug-likeness (QED) is 0.878. The Bertz CT molecular complexity index is 384. The fourth-order valence-electron chi connectivity index (χ4n) is 2.79. The Balaban J connectivity index is 1.92. The third kappa shape index (κ3) is 4.03. The molecule has 0 bridgehead atoms. The molecule has 1 heterocycles. The van der Waals surface area contributed by atoms with Gasteiger partial charge in [0.05, 0.1) is 6.61 Å². The summed E-state index contributed by atoms with van der Waals surface area (Å²) in [4.78, 5) is 4.86. The highest BCUT2D eigenvalue weighted by molar-refractivity contribution is 5.29. The third-order valence-corrected chi connectivity index (χ3v) is 3.95. The van der Waals surface area contributed by atoms with Crippen LogP contribution in [0.5, 0.6) is 0 Å². The zero-order valence-corrected chi connectivity index (χ0v) is 12.2. The van der Waals surface area contributed by atoms with Crippen LogP contribution in [0.1, 0.15) is 30.9 Å². The number of aliphatic hydroxyl groups excluding tert-OH is 1. The minimum absolute atomic E-state index is 0.274. The van der Waals surface area contributed by atoms with E-state index in [1.165, 1.54) is 11.1 Å². The van der Waals surface area contributed by atoms with E-state index in [1.54, 1.807) is 0 Å². The summed E-state index contributed by atoms with van der Waals surface area (Å²) < 4.78 is 0. The van der Waals surface area contributed by atoms with Gasteiger partial charge in [0.2, 0.25) is 0 Å². The van der Waals surface area contributed by atoms with E-state index >= 15 is 0 Å². The van der Waals surface area contributed by atoms with Crippen LogP contribution in [0.3, 0.4) is 0 Å². The molecule has 0 spiro atoms. The first kappa shape index (κ1) is 14.5. The molecule has 106 valence electrons. The van der Waals surface area contributed by atoms with E-state index in [0.29, 0.717) is 5.92 Å². The SMILES string of the molecule is CC(C)c1ccccc1CN1CCN(CCO)CC1. The van der Waals surface area contributed by atoms with Gasteiger partial charge in [0.15, 0.2) is 0 Å². The van der Waals surface area contributed by atoms with Crippen LogP contribution in [0.25, 0.3) is 0 Å². The molecule has 1 aromatic rings. The van der Waals surface area contributed by atoms with Crippen molar-refractivity contribution in [2.75, 3.05) is 39.3 Å². The molecule has 0 aromatic heterocycles. The van der Waals surface area contributed by atoms with E-state index in [0.717, 1.165) is 39.3 Å². The average Bonchev–Trinajstić information content (AvgIpc) is 2.42. The summed E-state index contributed by atoms with van der Waals surface area (Å²) >= 11 is 0. The number of nitrogens with zero attached hydrogens (tertiary/aromatic N) is 2. The minimum Gasteiger partial charge on any atom is -0.395 e. The summed E-state index contributed by atoms with van der Waals surface area (Å²) in [6, 6.07) is 8.79. The van der Waals surface area contributed by atoms with Crippen molar-refractivity contribution in [1.29, 1.82) is 0 Å². The Hall–Kier alpha value is -0.900. The molecule has 3 nitrogen and oxygen atoms in total. The van der Waals surface area contributed by atoms with Crippen LogP contribution < -0.4 is 0 Å². The van der Waals surface area contributed by atoms with E-state index in [-0.39, 0.29) is 6.61 Å². The molecule has 0 amide bonds. The highest BCUT2D eigenvalue weighted by Crippen LogP contribution is 2.21. The second kappa shape index (κ2) is 7.04. The van der Waals surface area contributed by atoms with Gasteiger partial charge in [-0.25, -0.2) is 0 Å². The van der Waals surface area contributed by atoms with Crippen molar-refractivity contribution in [3.63, 3.8) is 0 Å². The van der Waals surface area contributed by atoms with Crippen molar-refractivity contribution in [3.8, 4) is 0 Å². The molecular formula is C16H26N2O. The van der Waals surface area contributed by atoms with E-state index in [2.05, 4.69) is 47.9 Å². The van der Waals surface area contributed by atoms with Crippen LogP contribution in [0.2, 0.25) is 0 Å². The van der Waals surface area contributed by atoms with Gasteiger partial charge in [-0.2, -0.15) is 0 Å². The molecule has 1 N–H and O–H groups in total. The van der Waals surface area contributed by atoms with Gasteiger partial charge in [-0.15, -0.1) is 0 Å². The fourth-order valence-corrected chi connectivity index (χ4v) is 2.79. The zero-order chi connectivity index (χ0) is 13.7. The first-order valence-corrected chi connectivity index (χ1v) is 7.34. The number of benzene rings is 1. The lowest BCUT2D eigenvalue weighted by Gasteiger charge is -2.34. The normalized spacial score (nSPS) is 18.1. The Morgan fingerprint density at radius 1 is 1.05 bits per heavy atom. The number of β-amino-alcohol motifs (C(OH)–C–C–N with tert-alkyl or cyclic N) is 1. The van der Waals surface area contributed by atoms with Crippen molar-refractivity contribution in [3.05, 3.63) is 35.4 Å². The minimum atomic E-state index is 0.274. The molecule has 2 rings (SSSR count). The van der Waals surface area contributed by atoms with Crippen LogP contribution in [0, 0.1) is 0 Å². The molecule has 19 heavy (non-hydrogen) atoms. The van der Waals surface area contributed by atoms with Gasteiger partial charge in [0.1, 0.15) is 0 Å². The van der Waals surface area contributed by atoms with Crippen LogP contribution in [0.4, 0.5) is 0 Å². The Morgan fingerprint density at radius 3 is 2.32 bits per heavy atom. The first-order valence-electron chi connectivity index (χ1n) is 7.34. The van der Waals surface area contributed by atoms with Gasteiger partial charge in [0, 0.05) is 39.3 Å². The summed E-state index contributed by atoms with van der Waals surface area (Å²) in [6.45, 7) is 11.0. The molecule has 1 aliphatic heterocycles. The molecule has 0 atom stereocenters. The molecule has 0 unspecified atom stereocenters. The molecule has 0 aliphatic carbocycles. The monoisotopic (exact) mass is 262 g/mol. The molecule has 1 saturated heterocycles. The second-order valence-electron chi connectivity index (χ2n) is 5.69. The molecule has 1 aliphatic rings. The van der Waals surface area contributed by atoms with Crippen LogP contribution >= 0.6 is 0 Å². The Labute approximate surface area is 116 Å². The number of hydrogen-bond donors (Lipinski definition) is 1. The molecule has 0 radical (unpaired) electrons. The maximum atomic E-state index is 8.96. The fraction of sp³-hybridized carbons (Fsp3) is 0.625. The smallest absolute Gasteiger partial charge is 0.0558 e. The van der Waals surface area contributed by atoms with Crippen molar-refractivity contribution in [2.24, 2.45) is 0 Å². The lowest BCUT2D eigenvalue weighted by Crippen LogP contribution is -2.46. The number of hydrogen-bond acceptors (Lipinski definition) is 3. The van der Waals surface area contributed by atoms with Crippen molar-refractivity contribution >= 4 is 0 Å². The molecule has 3 heteroatoms. The number of aliphatic hydroxyl groups is 1. The van der Waals surface area contributed by atoms with Gasteiger partial charge >= 0.3 is 0 Å². The van der Waals surface area contributed by atoms with Crippen molar-refractivity contribution in [1.82, 2.24) is 9.80 Å². The Kier molecular flexibility index (Phi) is 5.37. The van der Waals surface area contributed by atoms with Crippen molar-refractivity contribution < 1.29 is 5.11 Å². The van der Waals surface area contributed by atoms with E-state index in [4.69, 9.17) is 5.11 Å². The lowest BCUT2D eigenvalue weighted by atomic mass is 9.97. The summed E-state index contributed by atoms with van der Waals surface area (Å²) in [5.41, 5.74) is 2.94. The summed E-state index contributed by atoms with van der Waals surface area (Å²) in [6.07, 6.45) is 0. The number of rotatable bonds is 5.